The van der Waals surface area contributed by atoms with Gasteiger partial charge in [0.25, 0.3) is 0 Å². The molecule has 6 nitrogen and oxygen atoms in total. The normalized spacial score (nSPS) is 17.0. The molecule has 3 rings (SSSR count). The highest BCUT2D eigenvalue weighted by Gasteiger charge is 2.22. The molecule has 2 aromatic rings. The summed E-state index contributed by atoms with van der Waals surface area (Å²) in [6.45, 7) is 2.04. The van der Waals surface area contributed by atoms with Gasteiger partial charge in [-0.15, -0.1) is 12.4 Å². The zero-order chi connectivity index (χ0) is 14.7. The minimum Gasteiger partial charge on any atom is -0.349 e. The Balaban J connectivity index is 0.00000176. The lowest BCUT2D eigenvalue weighted by atomic mass is 10.1. The van der Waals surface area contributed by atoms with Crippen molar-refractivity contribution < 1.29 is 4.79 Å². The maximum Gasteiger partial charge on any atom is 0.224 e. The van der Waals surface area contributed by atoms with Gasteiger partial charge in [-0.2, -0.15) is 5.10 Å². The van der Waals surface area contributed by atoms with Gasteiger partial charge in [-0.05, 0) is 25.1 Å². The van der Waals surface area contributed by atoms with E-state index >= 15 is 0 Å². The van der Waals surface area contributed by atoms with Crippen LogP contribution in [0.1, 0.15) is 12.2 Å². The molecule has 1 unspecified atom stereocenters. The lowest BCUT2D eigenvalue weighted by Crippen LogP contribution is -2.31. The van der Waals surface area contributed by atoms with Gasteiger partial charge in [0.1, 0.15) is 5.82 Å². The predicted molar refractivity (Wildman–Crippen MR) is 89.6 cm³/mol. The minimum atomic E-state index is 0. The first kappa shape index (κ1) is 16.9. The van der Waals surface area contributed by atoms with E-state index in [0.717, 1.165) is 29.5 Å². The van der Waals surface area contributed by atoms with Crippen molar-refractivity contribution in [1.29, 1.82) is 0 Å². The molecular weight excluding hydrogens is 370 g/mol. The van der Waals surface area contributed by atoms with Gasteiger partial charge in [-0.3, -0.25) is 9.89 Å². The number of hydrogen-bond donors (Lipinski definition) is 3. The molecule has 1 amide bonds. The number of aromatic nitrogens is 3. The number of aromatic amines is 1. The Hall–Kier alpha value is -1.44. The number of hydrogen-bond acceptors (Lipinski definition) is 4. The molecule has 1 aliphatic rings. The van der Waals surface area contributed by atoms with Crippen molar-refractivity contribution in [1.82, 2.24) is 25.8 Å². The molecule has 0 aliphatic carbocycles. The summed E-state index contributed by atoms with van der Waals surface area (Å²) < 4.78 is 1.01. The molecule has 0 bridgehead atoms. The SMILES string of the molecule is Cl.O=C(NCc1nc(-c2ccc(Br)cc2)n[nH]1)C1CCNC1. The summed E-state index contributed by atoms with van der Waals surface area (Å²) in [6, 6.07) is 7.78. The fraction of sp³-hybridized carbons (Fsp3) is 0.357. The number of halogens is 2. The Kier molecular flexibility index (Phi) is 5.93. The lowest BCUT2D eigenvalue weighted by molar-refractivity contribution is -0.124. The third-order valence-corrected chi connectivity index (χ3v) is 4.02. The highest BCUT2D eigenvalue weighted by atomic mass is 79.9. The number of nitrogens with zero attached hydrogens (tertiary/aromatic N) is 2. The molecule has 1 atom stereocenters. The van der Waals surface area contributed by atoms with E-state index in [4.69, 9.17) is 0 Å². The van der Waals surface area contributed by atoms with Crippen LogP contribution in [-0.4, -0.2) is 34.2 Å². The summed E-state index contributed by atoms with van der Waals surface area (Å²) in [5, 5.41) is 13.1. The Morgan fingerprint density at radius 3 is 2.82 bits per heavy atom. The molecule has 22 heavy (non-hydrogen) atoms. The van der Waals surface area contributed by atoms with Gasteiger partial charge in [0.2, 0.25) is 5.91 Å². The topological polar surface area (TPSA) is 82.7 Å². The third-order valence-electron chi connectivity index (χ3n) is 3.50. The van der Waals surface area contributed by atoms with Crippen molar-refractivity contribution >= 4 is 34.2 Å². The highest BCUT2D eigenvalue weighted by Crippen LogP contribution is 2.18. The monoisotopic (exact) mass is 385 g/mol. The first-order chi connectivity index (χ1) is 10.2. The third kappa shape index (κ3) is 4.06. The van der Waals surface area contributed by atoms with Gasteiger partial charge in [-0.25, -0.2) is 4.98 Å². The molecule has 118 valence electrons. The Bertz CT molecular complexity index is 624. The average molecular weight is 387 g/mol. The van der Waals surface area contributed by atoms with E-state index in [9.17, 15) is 4.79 Å². The second-order valence-corrected chi connectivity index (χ2v) is 5.94. The van der Waals surface area contributed by atoms with E-state index in [2.05, 4.69) is 41.7 Å². The summed E-state index contributed by atoms with van der Waals surface area (Å²) in [7, 11) is 0. The highest BCUT2D eigenvalue weighted by molar-refractivity contribution is 9.10. The lowest BCUT2D eigenvalue weighted by Gasteiger charge is -2.07. The standard InChI is InChI=1S/C14H16BrN5O.ClH/c15-11-3-1-9(2-4-11)13-18-12(19-20-13)8-17-14(21)10-5-6-16-7-10;/h1-4,10,16H,5-8H2,(H,17,21)(H,18,19,20);1H. The minimum absolute atomic E-state index is 0. The molecule has 8 heteroatoms. The van der Waals surface area contributed by atoms with Crippen LogP contribution < -0.4 is 10.6 Å². The first-order valence-corrected chi connectivity index (χ1v) is 7.67. The van der Waals surface area contributed by atoms with E-state index in [0.29, 0.717) is 18.2 Å². The molecular formula is C14H17BrClN5O. The molecule has 1 fully saturated rings. The van der Waals surface area contributed by atoms with Gasteiger partial charge < -0.3 is 10.6 Å². The van der Waals surface area contributed by atoms with Gasteiger partial charge in [0.05, 0.1) is 12.5 Å². The predicted octanol–water partition coefficient (Wildman–Crippen LogP) is 1.88. The summed E-state index contributed by atoms with van der Waals surface area (Å²) >= 11 is 3.39. The molecule has 0 radical (unpaired) electrons. The van der Waals surface area contributed by atoms with E-state index in [1.54, 1.807) is 0 Å². The molecule has 0 spiro atoms. The number of amides is 1. The van der Waals surface area contributed by atoms with Gasteiger partial charge in [0, 0.05) is 16.6 Å². The van der Waals surface area contributed by atoms with Crippen molar-refractivity contribution in [2.45, 2.75) is 13.0 Å². The van der Waals surface area contributed by atoms with E-state index in [-0.39, 0.29) is 24.2 Å². The van der Waals surface area contributed by atoms with Crippen molar-refractivity contribution in [2.24, 2.45) is 5.92 Å². The molecule has 2 heterocycles. The van der Waals surface area contributed by atoms with Crippen LogP contribution in [0.5, 0.6) is 0 Å². The Labute approximate surface area is 143 Å². The summed E-state index contributed by atoms with van der Waals surface area (Å²) in [4.78, 5) is 16.3. The Morgan fingerprint density at radius 2 is 2.14 bits per heavy atom. The molecule has 1 aromatic carbocycles. The number of rotatable bonds is 4. The van der Waals surface area contributed by atoms with E-state index in [1.165, 1.54) is 0 Å². The summed E-state index contributed by atoms with van der Waals surface area (Å²) in [6.07, 6.45) is 0.895. The van der Waals surface area contributed by atoms with Gasteiger partial charge in [-0.1, -0.05) is 28.1 Å². The molecule has 1 aromatic heterocycles. The first-order valence-electron chi connectivity index (χ1n) is 6.88. The second kappa shape index (κ2) is 7.71. The van der Waals surface area contributed by atoms with Gasteiger partial charge in [0.15, 0.2) is 5.82 Å². The van der Waals surface area contributed by atoms with Crippen LogP contribution in [0.3, 0.4) is 0 Å². The quantitative estimate of drug-likeness (QED) is 0.749. The molecule has 0 saturated carbocycles. The number of nitrogens with one attached hydrogen (secondary N) is 3. The average Bonchev–Trinajstić information content (AvgIpc) is 3.17. The summed E-state index contributed by atoms with van der Waals surface area (Å²) in [5.74, 6) is 1.43. The zero-order valence-electron chi connectivity index (χ0n) is 11.8. The van der Waals surface area contributed by atoms with Crippen LogP contribution in [-0.2, 0) is 11.3 Å². The zero-order valence-corrected chi connectivity index (χ0v) is 14.2. The second-order valence-electron chi connectivity index (χ2n) is 5.02. The van der Waals surface area contributed by atoms with Crippen LogP contribution >= 0.6 is 28.3 Å². The number of benzene rings is 1. The number of carbonyl (C=O) groups excluding carboxylic acids is 1. The van der Waals surface area contributed by atoms with Crippen molar-refractivity contribution in [2.75, 3.05) is 13.1 Å². The van der Waals surface area contributed by atoms with Crippen LogP contribution in [0.4, 0.5) is 0 Å². The van der Waals surface area contributed by atoms with Crippen molar-refractivity contribution in [3.05, 3.63) is 34.6 Å². The van der Waals surface area contributed by atoms with Crippen molar-refractivity contribution in [3.8, 4) is 11.4 Å². The van der Waals surface area contributed by atoms with Crippen molar-refractivity contribution in [3.63, 3.8) is 0 Å². The smallest absolute Gasteiger partial charge is 0.224 e. The molecule has 1 aliphatic heterocycles. The number of H-pyrrole nitrogens is 1. The Morgan fingerprint density at radius 1 is 1.36 bits per heavy atom. The molecule has 3 N–H and O–H groups in total. The maximum absolute atomic E-state index is 11.9. The van der Waals surface area contributed by atoms with E-state index in [1.807, 2.05) is 24.3 Å². The fourth-order valence-electron chi connectivity index (χ4n) is 2.30. The molecule has 1 saturated heterocycles. The van der Waals surface area contributed by atoms with Gasteiger partial charge >= 0.3 is 0 Å². The van der Waals surface area contributed by atoms with E-state index < -0.39 is 0 Å². The fourth-order valence-corrected chi connectivity index (χ4v) is 2.56. The largest absolute Gasteiger partial charge is 0.349 e. The van der Waals surface area contributed by atoms with Crippen LogP contribution in [0.25, 0.3) is 11.4 Å². The number of carbonyl (C=O) groups is 1. The van der Waals surface area contributed by atoms with Crippen LogP contribution in [0.15, 0.2) is 28.7 Å². The van der Waals surface area contributed by atoms with Crippen LogP contribution in [0.2, 0.25) is 0 Å². The summed E-state index contributed by atoms with van der Waals surface area (Å²) in [5.41, 5.74) is 0.937. The van der Waals surface area contributed by atoms with Crippen LogP contribution in [0, 0.1) is 5.92 Å². The maximum atomic E-state index is 11.9.